The number of amides is 1. The van der Waals surface area contributed by atoms with Gasteiger partial charge in [0.05, 0.1) is 17.7 Å². The van der Waals surface area contributed by atoms with Crippen molar-refractivity contribution in [3.05, 3.63) is 70.5 Å². The summed E-state index contributed by atoms with van der Waals surface area (Å²) in [7, 11) is 1.66. The maximum Gasteiger partial charge on any atom is 0.255 e. The molecule has 0 spiro atoms. The highest BCUT2D eigenvalue weighted by molar-refractivity contribution is 7.09. The van der Waals surface area contributed by atoms with Crippen LogP contribution in [0.1, 0.15) is 21.7 Å². The number of ether oxygens (including phenoxy) is 1. The summed E-state index contributed by atoms with van der Waals surface area (Å²) in [5.74, 6) is 1.61. The first-order chi connectivity index (χ1) is 14.1. The first-order valence-electron chi connectivity index (χ1n) is 9.38. The number of piperazine rings is 1. The van der Waals surface area contributed by atoms with Gasteiger partial charge >= 0.3 is 0 Å². The molecule has 29 heavy (non-hydrogen) atoms. The van der Waals surface area contributed by atoms with Gasteiger partial charge in [0.25, 0.3) is 5.91 Å². The van der Waals surface area contributed by atoms with Crippen molar-refractivity contribution in [1.29, 1.82) is 0 Å². The van der Waals surface area contributed by atoms with Crippen molar-refractivity contribution in [2.45, 2.75) is 6.42 Å². The first kappa shape index (κ1) is 19.7. The van der Waals surface area contributed by atoms with E-state index in [-0.39, 0.29) is 5.91 Å². The van der Waals surface area contributed by atoms with Crippen LogP contribution in [0.25, 0.3) is 0 Å². The molecule has 1 fully saturated rings. The Labute approximate surface area is 178 Å². The third kappa shape index (κ3) is 4.52. The number of nitrogens with zero attached hydrogens (tertiary/aromatic N) is 4. The monoisotopic (exact) mass is 428 g/mol. The summed E-state index contributed by atoms with van der Waals surface area (Å²) in [5.41, 5.74) is 1.67. The molecule has 2 aromatic carbocycles. The third-order valence-electron chi connectivity index (χ3n) is 4.90. The highest BCUT2D eigenvalue weighted by Crippen LogP contribution is 2.23. The summed E-state index contributed by atoms with van der Waals surface area (Å²) in [4.78, 5) is 21.4. The van der Waals surface area contributed by atoms with Crippen LogP contribution in [-0.2, 0) is 6.42 Å². The first-order valence-corrected chi connectivity index (χ1v) is 10.5. The zero-order valence-electron chi connectivity index (χ0n) is 16.0. The van der Waals surface area contributed by atoms with Crippen LogP contribution in [0.4, 0.5) is 5.13 Å². The highest BCUT2D eigenvalue weighted by Gasteiger charge is 2.25. The molecule has 0 aliphatic carbocycles. The second-order valence-corrected chi connectivity index (χ2v) is 7.92. The number of hydrogen-bond acceptors (Lipinski definition) is 6. The van der Waals surface area contributed by atoms with Gasteiger partial charge in [0.2, 0.25) is 5.13 Å². The quantitative estimate of drug-likeness (QED) is 0.619. The van der Waals surface area contributed by atoms with Gasteiger partial charge in [-0.15, -0.1) is 0 Å². The number of methoxy groups -OCH3 is 1. The molecule has 4 rings (SSSR count). The van der Waals surface area contributed by atoms with Crippen LogP contribution < -0.4 is 9.64 Å². The Hall–Kier alpha value is -2.64. The summed E-state index contributed by atoms with van der Waals surface area (Å²) in [6.07, 6.45) is 0.665. The van der Waals surface area contributed by atoms with Crippen LogP contribution >= 0.6 is 23.1 Å². The lowest BCUT2D eigenvalue weighted by atomic mass is 10.1. The van der Waals surface area contributed by atoms with Crippen LogP contribution in [0, 0.1) is 0 Å². The van der Waals surface area contributed by atoms with E-state index in [1.165, 1.54) is 11.5 Å². The lowest BCUT2D eigenvalue weighted by molar-refractivity contribution is 0.0747. The molecule has 0 bridgehead atoms. The Balaban J connectivity index is 1.37. The van der Waals surface area contributed by atoms with Crippen molar-refractivity contribution >= 4 is 34.2 Å². The molecule has 6 nitrogen and oxygen atoms in total. The van der Waals surface area contributed by atoms with Gasteiger partial charge < -0.3 is 14.5 Å². The molecule has 0 unspecified atom stereocenters. The molecule has 1 aliphatic rings. The molecular formula is C21H21ClN4O2S. The Bertz CT molecular complexity index is 1000. The number of rotatable bonds is 5. The molecule has 1 amide bonds. The van der Waals surface area contributed by atoms with Gasteiger partial charge in [0.1, 0.15) is 11.6 Å². The maximum atomic E-state index is 12.7. The minimum absolute atomic E-state index is 0.0220. The molecule has 2 heterocycles. The summed E-state index contributed by atoms with van der Waals surface area (Å²) < 4.78 is 9.78. The Morgan fingerprint density at radius 1 is 1.14 bits per heavy atom. The maximum absolute atomic E-state index is 12.7. The molecule has 1 aromatic heterocycles. The Morgan fingerprint density at radius 3 is 2.69 bits per heavy atom. The molecule has 150 valence electrons. The van der Waals surface area contributed by atoms with Crippen LogP contribution in [0.2, 0.25) is 5.02 Å². The predicted molar refractivity (Wildman–Crippen MR) is 115 cm³/mol. The van der Waals surface area contributed by atoms with E-state index in [0.29, 0.717) is 30.1 Å². The minimum atomic E-state index is -0.0220. The number of aromatic nitrogens is 2. The second-order valence-electron chi connectivity index (χ2n) is 6.78. The van der Waals surface area contributed by atoms with Crippen LogP contribution in [0.15, 0.2) is 48.5 Å². The van der Waals surface area contributed by atoms with E-state index in [1.54, 1.807) is 19.2 Å². The normalized spacial score (nSPS) is 14.1. The molecule has 0 atom stereocenters. The van der Waals surface area contributed by atoms with Gasteiger partial charge in [-0.3, -0.25) is 4.79 Å². The van der Waals surface area contributed by atoms with E-state index in [4.69, 9.17) is 21.3 Å². The zero-order chi connectivity index (χ0) is 20.2. The average Bonchev–Trinajstić information content (AvgIpc) is 3.22. The van der Waals surface area contributed by atoms with Crippen molar-refractivity contribution in [3.8, 4) is 5.75 Å². The standard InChI is InChI=1S/C21H21ClN4O2S/c1-28-16-6-4-5-15(13-16)14-19-23-21(29-24-19)26-11-9-25(10-12-26)20(27)17-7-2-3-8-18(17)22/h2-8,13H,9-12,14H2,1H3. The number of halogens is 1. The van der Waals surface area contributed by atoms with Crippen molar-refractivity contribution in [1.82, 2.24) is 14.3 Å². The van der Waals surface area contributed by atoms with Gasteiger partial charge in [-0.2, -0.15) is 4.37 Å². The van der Waals surface area contributed by atoms with Gasteiger partial charge in [-0.05, 0) is 29.8 Å². The van der Waals surface area contributed by atoms with Crippen molar-refractivity contribution in [2.24, 2.45) is 0 Å². The van der Waals surface area contributed by atoms with Gasteiger partial charge in [-0.1, -0.05) is 35.9 Å². The zero-order valence-corrected chi connectivity index (χ0v) is 17.6. The van der Waals surface area contributed by atoms with Crippen molar-refractivity contribution in [3.63, 3.8) is 0 Å². The summed E-state index contributed by atoms with van der Waals surface area (Å²) in [6.45, 7) is 2.72. The number of hydrogen-bond donors (Lipinski definition) is 0. The fraction of sp³-hybridized carbons (Fsp3) is 0.286. The van der Waals surface area contributed by atoms with E-state index in [1.807, 2.05) is 41.3 Å². The average molecular weight is 429 g/mol. The summed E-state index contributed by atoms with van der Waals surface area (Å²) >= 11 is 7.57. The van der Waals surface area contributed by atoms with Gasteiger partial charge in [0, 0.05) is 44.1 Å². The second kappa shape index (κ2) is 8.80. The predicted octanol–water partition coefficient (Wildman–Crippen LogP) is 3.75. The number of anilines is 1. The number of carbonyl (C=O) groups is 1. The summed E-state index contributed by atoms with van der Waals surface area (Å²) in [5, 5.41) is 1.39. The fourth-order valence-corrected chi connectivity index (χ4v) is 4.27. The summed E-state index contributed by atoms with van der Waals surface area (Å²) in [6, 6.07) is 15.1. The SMILES string of the molecule is COc1cccc(Cc2nsc(N3CCN(C(=O)c4ccccc4Cl)CC3)n2)c1. The largest absolute Gasteiger partial charge is 0.497 e. The molecule has 0 saturated carbocycles. The highest BCUT2D eigenvalue weighted by atomic mass is 35.5. The van der Waals surface area contributed by atoms with E-state index in [2.05, 4.69) is 9.27 Å². The minimum Gasteiger partial charge on any atom is -0.497 e. The van der Waals surface area contributed by atoms with Gasteiger partial charge in [-0.25, -0.2) is 4.98 Å². The molecule has 3 aromatic rings. The molecule has 0 N–H and O–H groups in total. The van der Waals surface area contributed by atoms with Crippen LogP contribution in [0.5, 0.6) is 5.75 Å². The number of benzene rings is 2. The van der Waals surface area contributed by atoms with E-state index in [0.717, 1.165) is 35.4 Å². The number of carbonyl (C=O) groups excluding carboxylic acids is 1. The van der Waals surface area contributed by atoms with Gasteiger partial charge in [0.15, 0.2) is 0 Å². The lowest BCUT2D eigenvalue weighted by Crippen LogP contribution is -2.48. The third-order valence-corrected chi connectivity index (χ3v) is 6.04. The van der Waals surface area contributed by atoms with Crippen LogP contribution in [-0.4, -0.2) is 53.5 Å². The van der Waals surface area contributed by atoms with Crippen LogP contribution in [0.3, 0.4) is 0 Å². The van der Waals surface area contributed by atoms with Crippen molar-refractivity contribution < 1.29 is 9.53 Å². The molecule has 8 heteroatoms. The smallest absolute Gasteiger partial charge is 0.255 e. The Kier molecular flexibility index (Phi) is 5.97. The van der Waals surface area contributed by atoms with E-state index in [9.17, 15) is 4.79 Å². The molecular weight excluding hydrogens is 408 g/mol. The van der Waals surface area contributed by atoms with E-state index < -0.39 is 0 Å². The lowest BCUT2D eigenvalue weighted by Gasteiger charge is -2.34. The van der Waals surface area contributed by atoms with Crippen molar-refractivity contribution in [2.75, 3.05) is 38.2 Å². The Morgan fingerprint density at radius 2 is 1.93 bits per heavy atom. The molecule has 1 aliphatic heterocycles. The molecule has 0 radical (unpaired) electrons. The topological polar surface area (TPSA) is 58.6 Å². The fourth-order valence-electron chi connectivity index (χ4n) is 3.32. The molecule has 1 saturated heterocycles. The van der Waals surface area contributed by atoms with E-state index >= 15 is 0 Å².